The van der Waals surface area contributed by atoms with Gasteiger partial charge in [-0.2, -0.15) is 15.0 Å². The fourth-order valence-corrected chi connectivity index (χ4v) is 2.17. The second-order valence-electron chi connectivity index (χ2n) is 5.00. The van der Waals surface area contributed by atoms with Gasteiger partial charge in [0.2, 0.25) is 5.88 Å². The van der Waals surface area contributed by atoms with E-state index in [9.17, 15) is 10.2 Å². The predicted octanol–water partition coefficient (Wildman–Crippen LogP) is 1.70. The van der Waals surface area contributed by atoms with E-state index in [0.29, 0.717) is 22.8 Å². The first-order chi connectivity index (χ1) is 11.7. The number of aliphatic hydroxyl groups excluding tert-OH is 1. The van der Waals surface area contributed by atoms with Crippen molar-refractivity contribution in [2.24, 2.45) is 0 Å². The normalized spacial score (nSPS) is 10.6. The molecule has 0 saturated carbocycles. The van der Waals surface area contributed by atoms with Gasteiger partial charge in [-0.1, -0.05) is 12.1 Å². The lowest BCUT2D eigenvalue weighted by atomic mass is 10.1. The van der Waals surface area contributed by atoms with Crippen LogP contribution in [0.25, 0.3) is 5.82 Å². The highest BCUT2D eigenvalue weighted by molar-refractivity contribution is 5.34. The highest BCUT2D eigenvalue weighted by Gasteiger charge is 2.10. The molecule has 2 heterocycles. The summed E-state index contributed by atoms with van der Waals surface area (Å²) >= 11 is 0. The summed E-state index contributed by atoms with van der Waals surface area (Å²) < 4.78 is 7.20. The zero-order valence-corrected chi connectivity index (χ0v) is 12.6. The van der Waals surface area contributed by atoms with Crippen LogP contribution in [0.15, 0.2) is 54.9 Å². The summed E-state index contributed by atoms with van der Waals surface area (Å²) in [6.45, 7) is 0.267. The maximum atomic E-state index is 9.26. The Labute approximate surface area is 138 Å². The van der Waals surface area contributed by atoms with E-state index in [0.717, 1.165) is 5.56 Å². The Morgan fingerprint density at radius 2 is 2.04 bits per heavy atom. The molecule has 0 atom stereocenters. The summed E-state index contributed by atoms with van der Waals surface area (Å²) in [5.74, 6) is 0.862. The highest BCUT2D eigenvalue weighted by atomic mass is 16.5. The maximum Gasteiger partial charge on any atom is 0.218 e. The number of nitriles is 1. The number of aliphatic hydroxyl groups is 2. The first kappa shape index (κ1) is 15.7. The third kappa shape index (κ3) is 3.41. The van der Waals surface area contributed by atoms with Crippen LogP contribution in [0.2, 0.25) is 0 Å². The number of ether oxygens (including phenoxy) is 1. The molecule has 2 aromatic heterocycles. The lowest BCUT2D eigenvalue weighted by Gasteiger charge is -2.10. The lowest BCUT2D eigenvalue weighted by Crippen LogP contribution is -2.06. The fourth-order valence-electron chi connectivity index (χ4n) is 2.17. The quantitative estimate of drug-likeness (QED) is 0.693. The minimum absolute atomic E-state index is 0.267. The molecule has 1 aromatic carbocycles. The molecule has 2 N–H and O–H groups in total. The molecule has 3 rings (SSSR count). The van der Waals surface area contributed by atoms with Crippen molar-refractivity contribution in [2.45, 2.75) is 12.9 Å². The van der Waals surface area contributed by atoms with Crippen LogP contribution in [0.1, 0.15) is 23.0 Å². The van der Waals surface area contributed by atoms with Gasteiger partial charge in [0.05, 0.1) is 17.8 Å². The second-order valence-corrected chi connectivity index (χ2v) is 5.00. The minimum atomic E-state index is -1.58. The van der Waals surface area contributed by atoms with E-state index in [1.807, 2.05) is 6.07 Å². The topological polar surface area (TPSA) is 104 Å². The van der Waals surface area contributed by atoms with Gasteiger partial charge in [-0.05, 0) is 29.8 Å². The summed E-state index contributed by atoms with van der Waals surface area (Å²) in [7, 11) is 0. The number of nitrogens with zero attached hydrogens (tertiary/aromatic N) is 4. The van der Waals surface area contributed by atoms with Crippen LogP contribution in [0.3, 0.4) is 0 Å². The van der Waals surface area contributed by atoms with Crippen molar-refractivity contribution in [3.63, 3.8) is 0 Å². The van der Waals surface area contributed by atoms with Crippen LogP contribution in [-0.4, -0.2) is 25.0 Å². The van der Waals surface area contributed by atoms with Crippen molar-refractivity contribution in [3.8, 4) is 17.8 Å². The number of benzene rings is 1. The molecule has 24 heavy (non-hydrogen) atoms. The van der Waals surface area contributed by atoms with Gasteiger partial charge in [0.25, 0.3) is 0 Å². The standard InChI is InChI=1S/C17H14N4O3/c18-10-12-2-1-3-13(8-12)11-24-16-5-7-20-21(16)15-9-14(17(22)23)4-6-19-15/h1-9,17,22-23H,11H2. The number of aromatic nitrogens is 3. The lowest BCUT2D eigenvalue weighted by molar-refractivity contribution is -0.0425. The van der Waals surface area contributed by atoms with Gasteiger partial charge in [0.1, 0.15) is 6.61 Å². The second kappa shape index (κ2) is 6.91. The molecule has 0 amide bonds. The molecule has 120 valence electrons. The van der Waals surface area contributed by atoms with Crippen LogP contribution in [0, 0.1) is 11.3 Å². The van der Waals surface area contributed by atoms with Gasteiger partial charge >= 0.3 is 0 Å². The zero-order valence-electron chi connectivity index (χ0n) is 12.6. The Kier molecular flexibility index (Phi) is 4.52. The number of hydrogen-bond acceptors (Lipinski definition) is 6. The van der Waals surface area contributed by atoms with Gasteiger partial charge in [-0.15, -0.1) is 0 Å². The zero-order chi connectivity index (χ0) is 16.9. The van der Waals surface area contributed by atoms with E-state index in [2.05, 4.69) is 16.2 Å². The van der Waals surface area contributed by atoms with E-state index in [4.69, 9.17) is 10.00 Å². The molecule has 0 unspecified atom stereocenters. The molecule has 0 aliphatic heterocycles. The largest absolute Gasteiger partial charge is 0.473 e. The fraction of sp³-hybridized carbons (Fsp3) is 0.118. The molecule has 0 fully saturated rings. The molecule has 7 nitrogen and oxygen atoms in total. The SMILES string of the molecule is N#Cc1cccc(COc2ccnn2-c2cc(C(O)O)ccn2)c1. The molecule has 0 saturated heterocycles. The van der Waals surface area contributed by atoms with Gasteiger partial charge < -0.3 is 14.9 Å². The van der Waals surface area contributed by atoms with E-state index < -0.39 is 6.29 Å². The third-order valence-corrected chi connectivity index (χ3v) is 3.34. The molecule has 0 bridgehead atoms. The van der Waals surface area contributed by atoms with Crippen molar-refractivity contribution in [1.82, 2.24) is 14.8 Å². The van der Waals surface area contributed by atoms with Crippen LogP contribution in [0.5, 0.6) is 5.88 Å². The average Bonchev–Trinajstić information content (AvgIpc) is 3.09. The molecular formula is C17H14N4O3. The first-order valence-electron chi connectivity index (χ1n) is 7.15. The van der Waals surface area contributed by atoms with Crippen molar-refractivity contribution < 1.29 is 14.9 Å². The Bertz CT molecular complexity index is 883. The molecular weight excluding hydrogens is 308 g/mol. The first-order valence-corrected chi connectivity index (χ1v) is 7.15. The Morgan fingerprint density at radius 1 is 1.17 bits per heavy atom. The van der Waals surface area contributed by atoms with Crippen LogP contribution in [-0.2, 0) is 6.61 Å². The minimum Gasteiger partial charge on any atom is -0.473 e. The monoisotopic (exact) mass is 322 g/mol. The molecule has 0 aliphatic carbocycles. The van der Waals surface area contributed by atoms with Crippen LogP contribution >= 0.6 is 0 Å². The summed E-state index contributed by atoms with van der Waals surface area (Å²) in [5.41, 5.74) is 1.73. The maximum absolute atomic E-state index is 9.26. The van der Waals surface area contributed by atoms with Crippen LogP contribution in [0.4, 0.5) is 0 Å². The smallest absolute Gasteiger partial charge is 0.218 e. The molecule has 3 aromatic rings. The highest BCUT2D eigenvalue weighted by Crippen LogP contribution is 2.19. The Balaban J connectivity index is 1.80. The summed E-state index contributed by atoms with van der Waals surface area (Å²) in [6.07, 6.45) is 1.44. The Morgan fingerprint density at radius 3 is 2.83 bits per heavy atom. The van der Waals surface area contributed by atoms with E-state index >= 15 is 0 Å². The molecule has 7 heteroatoms. The van der Waals surface area contributed by atoms with Crippen molar-refractivity contribution in [1.29, 1.82) is 5.26 Å². The number of pyridine rings is 1. The average molecular weight is 322 g/mol. The van der Waals surface area contributed by atoms with Crippen molar-refractivity contribution in [3.05, 3.63) is 71.5 Å². The van der Waals surface area contributed by atoms with Crippen LogP contribution < -0.4 is 4.74 Å². The summed E-state index contributed by atoms with van der Waals surface area (Å²) in [4.78, 5) is 4.16. The summed E-state index contributed by atoms with van der Waals surface area (Å²) in [5, 5.41) is 31.6. The van der Waals surface area contributed by atoms with Gasteiger partial charge in [0, 0.05) is 17.8 Å². The van der Waals surface area contributed by atoms with Gasteiger partial charge in [0.15, 0.2) is 12.1 Å². The number of hydrogen-bond donors (Lipinski definition) is 2. The molecule has 0 radical (unpaired) electrons. The van der Waals surface area contributed by atoms with E-state index in [1.165, 1.54) is 23.0 Å². The van der Waals surface area contributed by atoms with E-state index in [-0.39, 0.29) is 6.61 Å². The van der Waals surface area contributed by atoms with E-state index in [1.54, 1.807) is 30.5 Å². The number of rotatable bonds is 5. The Hall–Kier alpha value is -3.21. The predicted molar refractivity (Wildman–Crippen MR) is 84.0 cm³/mol. The molecule has 0 spiro atoms. The molecule has 0 aliphatic rings. The van der Waals surface area contributed by atoms with Crippen molar-refractivity contribution in [2.75, 3.05) is 0 Å². The van der Waals surface area contributed by atoms with Crippen molar-refractivity contribution >= 4 is 0 Å². The van der Waals surface area contributed by atoms with Gasteiger partial charge in [-0.3, -0.25) is 0 Å². The third-order valence-electron chi connectivity index (χ3n) is 3.34. The van der Waals surface area contributed by atoms with Gasteiger partial charge in [-0.25, -0.2) is 4.98 Å². The summed E-state index contributed by atoms with van der Waals surface area (Å²) in [6, 6.07) is 13.9.